The molecule has 0 amide bonds. The van der Waals surface area contributed by atoms with Crippen molar-refractivity contribution < 1.29 is 28.8 Å². The number of carbonyl (C=O) groups is 1. The van der Waals surface area contributed by atoms with Gasteiger partial charge in [-0.15, -0.1) is 0 Å². The molecular weight excluding hydrogens is 450 g/mol. The Hall–Kier alpha value is -3.16. The topological polar surface area (TPSA) is 104 Å². The number of morpholine rings is 2. The minimum absolute atomic E-state index is 0.0118. The summed E-state index contributed by atoms with van der Waals surface area (Å²) in [7, 11) is 0. The predicted octanol–water partition coefficient (Wildman–Crippen LogP) is 1.34. The average molecular weight is 480 g/mol. The number of aliphatic hydroxyl groups excluding tert-OH is 1. The van der Waals surface area contributed by atoms with Crippen LogP contribution in [0.25, 0.3) is 0 Å². The number of nitrogens with zero attached hydrogens (tertiary/aromatic N) is 3. The van der Waals surface area contributed by atoms with Crippen molar-refractivity contribution in [2.45, 2.75) is 18.3 Å². The van der Waals surface area contributed by atoms with Crippen LogP contribution < -0.4 is 14.2 Å². The molecule has 5 rings (SSSR count). The van der Waals surface area contributed by atoms with E-state index in [4.69, 9.17) is 24.2 Å². The molecule has 3 unspecified atom stereocenters. The molecule has 3 aliphatic heterocycles. The average Bonchev–Trinajstić information content (AvgIpc) is 2.87. The minimum atomic E-state index is -0.641. The van der Waals surface area contributed by atoms with Gasteiger partial charge in [0.25, 0.3) is 0 Å². The summed E-state index contributed by atoms with van der Waals surface area (Å²) >= 11 is 0. The van der Waals surface area contributed by atoms with Crippen molar-refractivity contribution in [2.24, 2.45) is 0 Å². The lowest BCUT2D eigenvalue weighted by Gasteiger charge is -2.46. The van der Waals surface area contributed by atoms with Crippen LogP contribution in [0.15, 0.2) is 42.5 Å². The fourth-order valence-electron chi connectivity index (χ4n) is 4.82. The molecule has 2 aromatic rings. The van der Waals surface area contributed by atoms with E-state index >= 15 is 0 Å². The van der Waals surface area contributed by atoms with Crippen LogP contribution >= 0.6 is 0 Å². The zero-order chi connectivity index (χ0) is 24.2. The van der Waals surface area contributed by atoms with Gasteiger partial charge in [-0.2, -0.15) is 5.26 Å². The van der Waals surface area contributed by atoms with Gasteiger partial charge in [0.2, 0.25) is 0 Å². The van der Waals surface area contributed by atoms with Crippen molar-refractivity contribution >= 4 is 5.78 Å². The largest absolute Gasteiger partial charge is 0.491 e. The van der Waals surface area contributed by atoms with E-state index in [2.05, 4.69) is 15.9 Å². The fraction of sp³-hybridized carbons (Fsp3) is 0.462. The number of hydrogen-bond donors (Lipinski definition) is 1. The molecule has 2 bridgehead atoms. The first kappa shape index (κ1) is 23.6. The van der Waals surface area contributed by atoms with Crippen LogP contribution in [-0.4, -0.2) is 98.1 Å². The van der Waals surface area contributed by atoms with Gasteiger partial charge in [-0.1, -0.05) is 0 Å². The summed E-state index contributed by atoms with van der Waals surface area (Å²) in [4.78, 5) is 17.3. The second kappa shape index (κ2) is 10.6. The SMILES string of the molecule is N#Cc1ccc(OCC(O)CN2CC3CN(CC(=O)c4ccc5c(c4)OCCO5)CC(C2)O3)cc1. The molecule has 1 N–H and O–H groups in total. The highest BCUT2D eigenvalue weighted by Crippen LogP contribution is 2.31. The van der Waals surface area contributed by atoms with Gasteiger partial charge in [-0.25, -0.2) is 0 Å². The summed E-state index contributed by atoms with van der Waals surface area (Å²) in [5.41, 5.74) is 1.19. The highest BCUT2D eigenvalue weighted by Gasteiger charge is 2.36. The van der Waals surface area contributed by atoms with E-state index in [1.165, 1.54) is 0 Å². The number of hydrogen-bond acceptors (Lipinski definition) is 9. The van der Waals surface area contributed by atoms with E-state index in [0.717, 1.165) is 0 Å². The first-order chi connectivity index (χ1) is 17.1. The number of rotatable bonds is 8. The van der Waals surface area contributed by atoms with Gasteiger partial charge in [0.05, 0.1) is 30.4 Å². The molecule has 2 saturated heterocycles. The van der Waals surface area contributed by atoms with Crippen molar-refractivity contribution in [3.8, 4) is 23.3 Å². The van der Waals surface area contributed by atoms with Crippen molar-refractivity contribution in [3.63, 3.8) is 0 Å². The molecule has 3 aliphatic rings. The van der Waals surface area contributed by atoms with Crippen molar-refractivity contribution in [3.05, 3.63) is 53.6 Å². The monoisotopic (exact) mass is 479 g/mol. The number of fused-ring (bicyclic) bond motifs is 3. The van der Waals surface area contributed by atoms with E-state index in [-0.39, 0.29) is 24.6 Å². The molecule has 35 heavy (non-hydrogen) atoms. The van der Waals surface area contributed by atoms with Gasteiger partial charge in [-0.05, 0) is 42.5 Å². The van der Waals surface area contributed by atoms with Gasteiger partial charge in [0.1, 0.15) is 31.7 Å². The standard InChI is InChI=1S/C26H29N3O6/c27-10-18-1-4-21(5-2-18)34-17-20(30)11-28-12-22-14-29(15-23(13-28)35-22)16-24(31)19-3-6-25-26(9-19)33-8-7-32-25/h1-6,9,20,22-23,30H,7-8,11-17H2. The molecule has 0 aliphatic carbocycles. The normalized spacial score (nSPS) is 22.7. The number of benzene rings is 2. The maximum Gasteiger partial charge on any atom is 0.176 e. The van der Waals surface area contributed by atoms with E-state index < -0.39 is 6.10 Å². The lowest BCUT2D eigenvalue weighted by atomic mass is 10.1. The Kier molecular flexibility index (Phi) is 7.16. The zero-order valence-electron chi connectivity index (χ0n) is 19.5. The maximum absolute atomic E-state index is 12.9. The summed E-state index contributed by atoms with van der Waals surface area (Å²) in [6.45, 7) is 4.73. The Morgan fingerprint density at radius 2 is 1.71 bits per heavy atom. The highest BCUT2D eigenvalue weighted by atomic mass is 16.6. The molecular formula is C26H29N3O6. The first-order valence-corrected chi connectivity index (χ1v) is 11.9. The quantitative estimate of drug-likeness (QED) is 0.562. The van der Waals surface area contributed by atoms with Crippen molar-refractivity contribution in [1.29, 1.82) is 5.26 Å². The van der Waals surface area contributed by atoms with Crippen molar-refractivity contribution in [2.75, 3.05) is 59.1 Å². The number of ketones is 1. The van der Waals surface area contributed by atoms with Gasteiger partial charge in [-0.3, -0.25) is 14.6 Å². The van der Waals surface area contributed by atoms with Gasteiger partial charge in [0.15, 0.2) is 17.3 Å². The fourth-order valence-corrected chi connectivity index (χ4v) is 4.82. The zero-order valence-corrected chi connectivity index (χ0v) is 19.5. The number of nitriles is 1. The molecule has 184 valence electrons. The molecule has 3 atom stereocenters. The van der Waals surface area contributed by atoms with Gasteiger partial charge >= 0.3 is 0 Å². The molecule has 0 saturated carbocycles. The molecule has 0 radical (unpaired) electrons. The molecule has 2 aromatic carbocycles. The molecule has 9 nitrogen and oxygen atoms in total. The number of aliphatic hydroxyl groups is 1. The van der Waals surface area contributed by atoms with Crippen LogP contribution in [0.3, 0.4) is 0 Å². The minimum Gasteiger partial charge on any atom is -0.491 e. The number of Topliss-reactive ketones (excluding diaryl/α,β-unsaturated/α-hetero) is 1. The van der Waals surface area contributed by atoms with Gasteiger partial charge < -0.3 is 24.1 Å². The summed E-state index contributed by atoms with van der Waals surface area (Å²) in [6.07, 6.45) is -0.665. The molecule has 9 heteroatoms. The Morgan fingerprint density at radius 1 is 1.03 bits per heavy atom. The predicted molar refractivity (Wildman–Crippen MR) is 126 cm³/mol. The number of carbonyl (C=O) groups excluding carboxylic acids is 1. The van der Waals surface area contributed by atoms with E-state index in [1.807, 2.05) is 0 Å². The van der Waals surface area contributed by atoms with Crippen LogP contribution in [-0.2, 0) is 4.74 Å². The van der Waals surface area contributed by atoms with Gasteiger partial charge in [0, 0.05) is 38.3 Å². The summed E-state index contributed by atoms with van der Waals surface area (Å²) < 4.78 is 22.9. The second-order valence-electron chi connectivity index (χ2n) is 9.18. The molecule has 3 heterocycles. The lowest BCUT2D eigenvalue weighted by Crippen LogP contribution is -2.61. The van der Waals surface area contributed by atoms with E-state index in [9.17, 15) is 9.90 Å². The summed E-state index contributed by atoms with van der Waals surface area (Å²) in [6, 6.07) is 14.3. The lowest BCUT2D eigenvalue weighted by molar-refractivity contribution is -0.141. The van der Waals surface area contributed by atoms with E-state index in [1.54, 1.807) is 42.5 Å². The van der Waals surface area contributed by atoms with Crippen LogP contribution in [0.5, 0.6) is 17.2 Å². The Balaban J connectivity index is 1.09. The molecule has 2 fully saturated rings. The maximum atomic E-state index is 12.9. The van der Waals surface area contributed by atoms with Crippen LogP contribution in [0, 0.1) is 11.3 Å². The first-order valence-electron chi connectivity index (χ1n) is 11.9. The third-order valence-electron chi connectivity index (χ3n) is 6.36. The summed E-state index contributed by atoms with van der Waals surface area (Å²) in [5.74, 6) is 1.98. The third kappa shape index (κ3) is 5.92. The third-order valence-corrected chi connectivity index (χ3v) is 6.36. The molecule has 0 aromatic heterocycles. The Bertz CT molecular complexity index is 1070. The Morgan fingerprint density at radius 3 is 2.43 bits per heavy atom. The highest BCUT2D eigenvalue weighted by molar-refractivity contribution is 5.98. The second-order valence-corrected chi connectivity index (χ2v) is 9.18. The number of ether oxygens (including phenoxy) is 4. The van der Waals surface area contributed by atoms with Crippen molar-refractivity contribution in [1.82, 2.24) is 9.80 Å². The van der Waals surface area contributed by atoms with E-state index in [0.29, 0.717) is 80.9 Å². The molecule has 0 spiro atoms. The number of β-amino-alcohol motifs (C(OH)–C–C–N with tert-alkyl or cyclic N) is 1. The smallest absolute Gasteiger partial charge is 0.176 e. The van der Waals surface area contributed by atoms with Crippen LogP contribution in [0.4, 0.5) is 0 Å². The van der Waals surface area contributed by atoms with Crippen LogP contribution in [0.1, 0.15) is 15.9 Å². The Labute approximate surface area is 204 Å². The summed E-state index contributed by atoms with van der Waals surface area (Å²) in [5, 5.41) is 19.3. The van der Waals surface area contributed by atoms with Crippen LogP contribution in [0.2, 0.25) is 0 Å².